The number of unbranched alkanes of at least 4 members (excludes halogenated alkanes) is 1. The number of ether oxygens (including phenoxy) is 1. The fourth-order valence-corrected chi connectivity index (χ4v) is 0.684. The van der Waals surface area contributed by atoms with Crippen LogP contribution in [-0.4, -0.2) is 26.0 Å². The van der Waals surface area contributed by atoms with E-state index in [1.165, 1.54) is 0 Å². The third-order valence-electron chi connectivity index (χ3n) is 1.24. The van der Waals surface area contributed by atoms with E-state index in [1.807, 2.05) is 7.05 Å². The number of carbonyl (C=O) groups excluding carboxylic acids is 2. The van der Waals surface area contributed by atoms with E-state index in [9.17, 15) is 9.59 Å². The predicted octanol–water partition coefficient (Wildman–Crippen LogP) is 0.0757. The molecule has 4 nitrogen and oxygen atoms in total. The lowest BCUT2D eigenvalue weighted by Crippen LogP contribution is -2.09. The number of hydrogen-bond acceptors (Lipinski definition) is 4. The highest BCUT2D eigenvalue weighted by molar-refractivity contribution is 5.76. The van der Waals surface area contributed by atoms with Crippen molar-refractivity contribution in [3.05, 3.63) is 0 Å². The SMILES string of the molecule is CNCCCCC(=O)OC=O. The quantitative estimate of drug-likeness (QED) is 0.258. The molecule has 0 bridgehead atoms. The van der Waals surface area contributed by atoms with E-state index in [0.717, 1.165) is 19.4 Å². The summed E-state index contributed by atoms with van der Waals surface area (Å²) < 4.78 is 4.08. The van der Waals surface area contributed by atoms with Crippen molar-refractivity contribution in [2.24, 2.45) is 0 Å². The van der Waals surface area contributed by atoms with Crippen LogP contribution in [0.25, 0.3) is 0 Å². The Labute approximate surface area is 65.9 Å². The largest absolute Gasteiger partial charge is 0.395 e. The van der Waals surface area contributed by atoms with E-state index in [1.54, 1.807) is 0 Å². The van der Waals surface area contributed by atoms with Gasteiger partial charge in [-0.05, 0) is 26.4 Å². The highest BCUT2D eigenvalue weighted by Crippen LogP contribution is 1.95. The average Bonchev–Trinajstić information content (AvgIpc) is 1.99. The second kappa shape index (κ2) is 7.21. The lowest BCUT2D eigenvalue weighted by atomic mass is 10.2. The minimum atomic E-state index is -0.448. The molecule has 0 radical (unpaired) electrons. The maximum atomic E-state index is 10.5. The van der Waals surface area contributed by atoms with Gasteiger partial charge in [-0.15, -0.1) is 0 Å². The molecule has 4 heteroatoms. The lowest BCUT2D eigenvalue weighted by molar-refractivity contribution is -0.151. The van der Waals surface area contributed by atoms with Gasteiger partial charge in [-0.1, -0.05) is 0 Å². The molecule has 11 heavy (non-hydrogen) atoms. The summed E-state index contributed by atoms with van der Waals surface area (Å²) >= 11 is 0. The van der Waals surface area contributed by atoms with Crippen molar-refractivity contribution >= 4 is 12.4 Å². The molecule has 0 amide bonds. The summed E-state index contributed by atoms with van der Waals surface area (Å²) in [6.45, 7) is 1.05. The van der Waals surface area contributed by atoms with E-state index in [0.29, 0.717) is 6.42 Å². The summed E-state index contributed by atoms with van der Waals surface area (Å²) in [5.41, 5.74) is 0. The molecule has 0 saturated heterocycles. The van der Waals surface area contributed by atoms with Crippen LogP contribution in [0.15, 0.2) is 0 Å². The van der Waals surface area contributed by atoms with E-state index in [-0.39, 0.29) is 6.47 Å². The van der Waals surface area contributed by atoms with Crippen LogP contribution in [-0.2, 0) is 14.3 Å². The summed E-state index contributed by atoms with van der Waals surface area (Å²) in [5, 5.41) is 2.95. The second-order valence-electron chi connectivity index (χ2n) is 2.15. The molecule has 0 atom stereocenters. The van der Waals surface area contributed by atoms with Gasteiger partial charge in [0.1, 0.15) is 0 Å². The molecule has 0 rings (SSSR count). The molecule has 0 aromatic rings. The molecule has 0 fully saturated rings. The van der Waals surface area contributed by atoms with Crippen molar-refractivity contribution in [3.63, 3.8) is 0 Å². The number of rotatable bonds is 6. The first-order valence-electron chi connectivity index (χ1n) is 3.59. The summed E-state index contributed by atoms with van der Waals surface area (Å²) in [4.78, 5) is 20.2. The molecule has 0 aromatic heterocycles. The number of esters is 1. The molecule has 0 aliphatic rings. The number of nitrogens with one attached hydrogen (secondary N) is 1. The summed E-state index contributed by atoms with van der Waals surface area (Å²) in [5.74, 6) is -0.448. The monoisotopic (exact) mass is 159 g/mol. The van der Waals surface area contributed by atoms with Crippen molar-refractivity contribution in [2.75, 3.05) is 13.6 Å². The molecule has 0 aromatic carbocycles. The molecule has 0 saturated carbocycles. The number of carbonyl (C=O) groups is 2. The smallest absolute Gasteiger partial charge is 0.313 e. The topological polar surface area (TPSA) is 55.4 Å². The maximum absolute atomic E-state index is 10.5. The zero-order chi connectivity index (χ0) is 8.53. The zero-order valence-corrected chi connectivity index (χ0v) is 6.63. The molecule has 0 spiro atoms. The Hall–Kier alpha value is -0.900. The Morgan fingerprint density at radius 1 is 1.55 bits per heavy atom. The highest BCUT2D eigenvalue weighted by Gasteiger charge is 1.99. The molecular weight excluding hydrogens is 146 g/mol. The first kappa shape index (κ1) is 10.1. The first-order valence-corrected chi connectivity index (χ1v) is 3.59. The van der Waals surface area contributed by atoms with Gasteiger partial charge < -0.3 is 10.1 Å². The van der Waals surface area contributed by atoms with Gasteiger partial charge in [-0.25, -0.2) is 0 Å². The van der Waals surface area contributed by atoms with Gasteiger partial charge in [0.25, 0.3) is 0 Å². The van der Waals surface area contributed by atoms with Crippen LogP contribution in [0.5, 0.6) is 0 Å². The fourth-order valence-electron chi connectivity index (χ4n) is 0.684. The van der Waals surface area contributed by atoms with Gasteiger partial charge in [0.15, 0.2) is 0 Å². The second-order valence-corrected chi connectivity index (χ2v) is 2.15. The van der Waals surface area contributed by atoms with Crippen LogP contribution in [0, 0.1) is 0 Å². The molecule has 0 aliphatic heterocycles. The van der Waals surface area contributed by atoms with Gasteiger partial charge in [-0.3, -0.25) is 9.59 Å². The Morgan fingerprint density at radius 3 is 2.82 bits per heavy atom. The van der Waals surface area contributed by atoms with Crippen LogP contribution < -0.4 is 5.32 Å². The summed E-state index contributed by atoms with van der Waals surface area (Å²) in [6.07, 6.45) is 2.00. The Bertz CT molecular complexity index is 125. The van der Waals surface area contributed by atoms with E-state index >= 15 is 0 Å². The minimum Gasteiger partial charge on any atom is -0.395 e. The molecule has 0 unspecified atom stereocenters. The van der Waals surface area contributed by atoms with Crippen molar-refractivity contribution in [1.82, 2.24) is 5.32 Å². The van der Waals surface area contributed by atoms with Gasteiger partial charge in [0, 0.05) is 6.42 Å². The Balaban J connectivity index is 3.10. The van der Waals surface area contributed by atoms with E-state index in [4.69, 9.17) is 0 Å². The number of hydrogen-bond donors (Lipinski definition) is 1. The van der Waals surface area contributed by atoms with Gasteiger partial charge in [0.05, 0.1) is 0 Å². The average molecular weight is 159 g/mol. The normalized spacial score (nSPS) is 9.18. The minimum absolute atomic E-state index is 0.167. The lowest BCUT2D eigenvalue weighted by Gasteiger charge is -1.97. The molecule has 0 heterocycles. The van der Waals surface area contributed by atoms with Crippen molar-refractivity contribution in [1.29, 1.82) is 0 Å². The van der Waals surface area contributed by atoms with Gasteiger partial charge >= 0.3 is 12.4 Å². The van der Waals surface area contributed by atoms with Crippen LogP contribution in [0.1, 0.15) is 19.3 Å². The van der Waals surface area contributed by atoms with Crippen molar-refractivity contribution < 1.29 is 14.3 Å². The molecule has 1 N–H and O–H groups in total. The maximum Gasteiger partial charge on any atom is 0.313 e. The fraction of sp³-hybridized carbons (Fsp3) is 0.714. The van der Waals surface area contributed by atoms with Crippen molar-refractivity contribution in [2.45, 2.75) is 19.3 Å². The Kier molecular flexibility index (Phi) is 6.62. The standard InChI is InChI=1S/C7H13NO3/c1-8-5-3-2-4-7(10)11-6-9/h6,8H,2-5H2,1H3. The third-order valence-corrected chi connectivity index (χ3v) is 1.24. The summed E-state index contributed by atoms with van der Waals surface area (Å²) in [7, 11) is 1.85. The molecular formula is C7H13NO3. The summed E-state index contributed by atoms with van der Waals surface area (Å²) in [6, 6.07) is 0. The Morgan fingerprint density at radius 2 is 2.27 bits per heavy atom. The predicted molar refractivity (Wildman–Crippen MR) is 39.9 cm³/mol. The van der Waals surface area contributed by atoms with Crippen LogP contribution in [0.3, 0.4) is 0 Å². The van der Waals surface area contributed by atoms with Gasteiger partial charge in [-0.2, -0.15) is 0 Å². The highest BCUT2D eigenvalue weighted by atomic mass is 16.6. The third kappa shape index (κ3) is 6.99. The van der Waals surface area contributed by atoms with Crippen LogP contribution in [0.2, 0.25) is 0 Å². The van der Waals surface area contributed by atoms with Crippen LogP contribution >= 0.6 is 0 Å². The first-order chi connectivity index (χ1) is 5.31. The van der Waals surface area contributed by atoms with Crippen LogP contribution in [0.4, 0.5) is 0 Å². The van der Waals surface area contributed by atoms with Crippen molar-refractivity contribution in [3.8, 4) is 0 Å². The zero-order valence-electron chi connectivity index (χ0n) is 6.63. The molecule has 0 aliphatic carbocycles. The van der Waals surface area contributed by atoms with Gasteiger partial charge in [0.2, 0.25) is 0 Å². The van der Waals surface area contributed by atoms with E-state index < -0.39 is 5.97 Å². The van der Waals surface area contributed by atoms with E-state index in [2.05, 4.69) is 10.1 Å². The molecule has 64 valence electrons.